The van der Waals surface area contributed by atoms with Crippen LogP contribution in [0.15, 0.2) is 30.3 Å². The summed E-state index contributed by atoms with van der Waals surface area (Å²) in [5.41, 5.74) is 6.42. The monoisotopic (exact) mass is 480 g/mol. The lowest BCUT2D eigenvalue weighted by molar-refractivity contribution is -0.00268. The van der Waals surface area contributed by atoms with E-state index in [9.17, 15) is 9.18 Å². The van der Waals surface area contributed by atoms with Crippen LogP contribution in [0.3, 0.4) is 0 Å². The number of ether oxygens (including phenoxy) is 1. The molecule has 0 spiro atoms. The summed E-state index contributed by atoms with van der Waals surface area (Å²) in [6, 6.07) is 0.0540. The number of nitrogens with zero attached hydrogens (tertiary/aromatic N) is 7. The van der Waals surface area contributed by atoms with Gasteiger partial charge in [-0.05, 0) is 37.8 Å². The van der Waals surface area contributed by atoms with Gasteiger partial charge in [-0.15, -0.1) is 10.2 Å². The van der Waals surface area contributed by atoms with Crippen molar-refractivity contribution in [3.8, 4) is 11.4 Å². The number of rotatable bonds is 1. The number of amides is 1. The average molecular weight is 481 g/mol. The Bertz CT molecular complexity index is 1240. The summed E-state index contributed by atoms with van der Waals surface area (Å²) >= 11 is 0. The molecule has 1 saturated heterocycles. The van der Waals surface area contributed by atoms with Crippen LogP contribution in [-0.2, 0) is 11.8 Å². The summed E-state index contributed by atoms with van der Waals surface area (Å²) in [6.07, 6.45) is 9.89. The third-order valence-electron chi connectivity index (χ3n) is 7.58. The predicted octanol–water partition coefficient (Wildman–Crippen LogP) is 2.26. The molecule has 11 heteroatoms. The van der Waals surface area contributed by atoms with E-state index in [1.165, 1.54) is 6.08 Å². The molecule has 10 nitrogen and oxygen atoms in total. The van der Waals surface area contributed by atoms with Crippen LogP contribution in [0, 0.1) is 5.41 Å². The molecule has 4 heterocycles. The fourth-order valence-corrected chi connectivity index (χ4v) is 5.71. The van der Waals surface area contributed by atoms with Crippen molar-refractivity contribution in [1.29, 1.82) is 0 Å². The van der Waals surface area contributed by atoms with Gasteiger partial charge in [-0.2, -0.15) is 5.10 Å². The zero-order valence-electron chi connectivity index (χ0n) is 19.9. The molecular weight excluding hydrogens is 451 g/mol. The van der Waals surface area contributed by atoms with Crippen molar-refractivity contribution in [1.82, 2.24) is 29.9 Å². The van der Waals surface area contributed by atoms with Gasteiger partial charge in [0, 0.05) is 43.8 Å². The summed E-state index contributed by atoms with van der Waals surface area (Å²) in [5.74, 6) is 0.509. The molecule has 2 fully saturated rings. The molecule has 2 unspecified atom stereocenters. The van der Waals surface area contributed by atoms with E-state index in [0.717, 1.165) is 25.7 Å². The molecule has 2 aliphatic carbocycles. The highest BCUT2D eigenvalue weighted by molar-refractivity contribution is 5.98. The van der Waals surface area contributed by atoms with Crippen LogP contribution in [0.2, 0.25) is 0 Å². The second-order valence-corrected chi connectivity index (χ2v) is 10.0. The van der Waals surface area contributed by atoms with E-state index in [-0.39, 0.29) is 35.7 Å². The molecule has 184 valence electrons. The van der Waals surface area contributed by atoms with Crippen LogP contribution in [-0.4, -0.2) is 73.7 Å². The highest BCUT2D eigenvalue weighted by atomic mass is 19.1. The number of halogens is 1. The molecule has 2 aromatic rings. The van der Waals surface area contributed by atoms with Gasteiger partial charge in [0.2, 0.25) is 0 Å². The molecule has 2 bridgehead atoms. The number of carbonyl (C=O) groups is 1. The first-order valence-electron chi connectivity index (χ1n) is 12.1. The van der Waals surface area contributed by atoms with Gasteiger partial charge >= 0.3 is 0 Å². The lowest BCUT2D eigenvalue weighted by Crippen LogP contribution is -2.50. The normalized spacial score (nSPS) is 28.8. The van der Waals surface area contributed by atoms with Gasteiger partial charge in [-0.3, -0.25) is 9.48 Å². The molecule has 2 aliphatic heterocycles. The molecule has 1 amide bonds. The van der Waals surface area contributed by atoms with Gasteiger partial charge in [0.25, 0.3) is 5.91 Å². The van der Waals surface area contributed by atoms with Crippen LogP contribution in [0.1, 0.15) is 43.1 Å². The molecule has 6 rings (SSSR count). The second kappa shape index (κ2) is 8.11. The topological polar surface area (TPSA) is 115 Å². The van der Waals surface area contributed by atoms with Crippen LogP contribution >= 0.6 is 0 Å². The number of hydrogen-bond donors (Lipinski definition) is 1. The highest BCUT2D eigenvalue weighted by Crippen LogP contribution is 2.45. The Kier molecular flexibility index (Phi) is 5.13. The van der Waals surface area contributed by atoms with Crippen molar-refractivity contribution in [2.45, 2.75) is 50.8 Å². The maximum absolute atomic E-state index is 14.6. The largest absolute Gasteiger partial charge is 0.379 e. The number of hydrogen-bond acceptors (Lipinski definition) is 8. The second-order valence-electron chi connectivity index (χ2n) is 10.0. The van der Waals surface area contributed by atoms with Crippen LogP contribution in [0.5, 0.6) is 0 Å². The zero-order valence-corrected chi connectivity index (χ0v) is 19.9. The lowest BCUT2D eigenvalue weighted by atomic mass is 9.73. The number of carbonyl (C=O) groups excluding carboxylic acids is 1. The molecule has 0 radical (unpaired) electrons. The maximum atomic E-state index is 14.6. The number of nitrogens with two attached hydrogens (primary N) is 1. The van der Waals surface area contributed by atoms with Crippen molar-refractivity contribution in [2.75, 3.05) is 30.3 Å². The first kappa shape index (κ1) is 22.1. The minimum atomic E-state index is -0.662. The minimum Gasteiger partial charge on any atom is -0.379 e. The van der Waals surface area contributed by atoms with Crippen molar-refractivity contribution < 1.29 is 13.9 Å². The number of fused-ring (bicyclic) bond motifs is 8. The standard InChI is InChI=1S/C24H29FN8O2/c1-24-12-14(25)5-8-18(24)35-11-10-32(15-6-7-15)23(34)19-16(13-31(2)30-19)21-27-22(20(26)28-29-21)33-9-3-4-17(24)33/h5,8,12-13,15,17-18H,3-4,6-7,9-11H2,1-2H3,(H2,26,28)/t17-,18?,24?/m1/s1. The summed E-state index contributed by atoms with van der Waals surface area (Å²) in [7, 11) is 1.76. The van der Waals surface area contributed by atoms with Crippen LogP contribution in [0.25, 0.3) is 11.4 Å². The molecule has 35 heavy (non-hydrogen) atoms. The van der Waals surface area contributed by atoms with E-state index in [4.69, 9.17) is 15.5 Å². The van der Waals surface area contributed by atoms with Crippen LogP contribution < -0.4 is 10.6 Å². The molecule has 2 N–H and O–H groups in total. The third-order valence-corrected chi connectivity index (χ3v) is 7.58. The van der Waals surface area contributed by atoms with Crippen LogP contribution in [0.4, 0.5) is 16.0 Å². The SMILES string of the molecule is Cn1cc2c(n1)C(=O)N(C1CC1)CCOC1C=CC(F)=CC1(C)[C@H]1CCCN1c1nc-2nnc1N. The fraction of sp³-hybridized carbons (Fsp3) is 0.542. The summed E-state index contributed by atoms with van der Waals surface area (Å²) in [4.78, 5) is 22.4. The Morgan fingerprint density at radius 1 is 1.20 bits per heavy atom. The van der Waals surface area contributed by atoms with Gasteiger partial charge in [0.1, 0.15) is 5.83 Å². The molecule has 4 aliphatic rings. The fourth-order valence-electron chi connectivity index (χ4n) is 5.71. The third kappa shape index (κ3) is 3.69. The number of nitrogen functional groups attached to an aromatic ring is 1. The first-order chi connectivity index (χ1) is 16.8. The van der Waals surface area contributed by atoms with Crippen molar-refractivity contribution in [2.24, 2.45) is 12.5 Å². The number of aromatic nitrogens is 5. The van der Waals surface area contributed by atoms with Gasteiger partial charge in [0.05, 0.1) is 18.3 Å². The summed E-state index contributed by atoms with van der Waals surface area (Å²) in [5, 5.41) is 12.9. The zero-order chi connectivity index (χ0) is 24.3. The van der Waals surface area contributed by atoms with Gasteiger partial charge in [-0.1, -0.05) is 13.0 Å². The van der Waals surface area contributed by atoms with Gasteiger partial charge < -0.3 is 20.3 Å². The van der Waals surface area contributed by atoms with E-state index in [1.807, 2.05) is 11.8 Å². The van der Waals surface area contributed by atoms with E-state index in [0.29, 0.717) is 42.6 Å². The average Bonchev–Trinajstić information content (AvgIpc) is 3.39. The summed E-state index contributed by atoms with van der Waals surface area (Å²) < 4.78 is 22.6. The smallest absolute Gasteiger partial charge is 0.275 e. The number of aryl methyl sites for hydroxylation is 1. The number of anilines is 2. The van der Waals surface area contributed by atoms with Gasteiger partial charge in [-0.25, -0.2) is 9.37 Å². The first-order valence-corrected chi connectivity index (χ1v) is 12.1. The Hall–Kier alpha value is -3.34. The molecule has 1 saturated carbocycles. The lowest BCUT2D eigenvalue weighted by Gasteiger charge is -2.44. The predicted molar refractivity (Wildman–Crippen MR) is 127 cm³/mol. The van der Waals surface area contributed by atoms with Crippen molar-refractivity contribution in [3.63, 3.8) is 0 Å². The van der Waals surface area contributed by atoms with Crippen molar-refractivity contribution >= 4 is 17.5 Å². The van der Waals surface area contributed by atoms with E-state index in [1.54, 1.807) is 30.1 Å². The Labute approximate surface area is 202 Å². The molecule has 2 aromatic heterocycles. The van der Waals surface area contributed by atoms with E-state index >= 15 is 0 Å². The summed E-state index contributed by atoms with van der Waals surface area (Å²) in [6.45, 7) is 3.47. The Balaban J connectivity index is 1.51. The Morgan fingerprint density at radius 2 is 2.03 bits per heavy atom. The van der Waals surface area contributed by atoms with E-state index < -0.39 is 5.41 Å². The Morgan fingerprint density at radius 3 is 2.83 bits per heavy atom. The minimum absolute atomic E-state index is 0.104. The quantitative estimate of drug-likeness (QED) is 0.661. The molecule has 3 atom stereocenters. The van der Waals surface area contributed by atoms with Crippen molar-refractivity contribution in [3.05, 3.63) is 35.9 Å². The highest BCUT2D eigenvalue weighted by Gasteiger charge is 2.47. The van der Waals surface area contributed by atoms with Gasteiger partial charge in [0.15, 0.2) is 23.2 Å². The molecular formula is C24H29FN8O2. The maximum Gasteiger partial charge on any atom is 0.275 e. The number of allylic oxidation sites excluding steroid dienone is 2. The van der Waals surface area contributed by atoms with E-state index in [2.05, 4.69) is 20.2 Å². The molecule has 0 aromatic carbocycles.